The predicted molar refractivity (Wildman–Crippen MR) is 70.2 cm³/mol. The van der Waals surface area contributed by atoms with Gasteiger partial charge in [-0.3, -0.25) is 0 Å². The highest BCUT2D eigenvalue weighted by Gasteiger charge is 2.17. The standard InChI is InChI=1S/C14H10Cl2F2/c1-8-5-13(18)11(7-12(8)17)14(16)9-3-2-4-10(15)6-9/h2-7,14H,1H3. The van der Waals surface area contributed by atoms with Crippen molar-refractivity contribution in [1.29, 1.82) is 0 Å². The molecule has 1 unspecified atom stereocenters. The SMILES string of the molecule is Cc1cc(F)c(C(Cl)c2cccc(Cl)c2)cc1F. The van der Waals surface area contributed by atoms with Gasteiger partial charge < -0.3 is 0 Å². The molecule has 0 saturated heterocycles. The average molecular weight is 287 g/mol. The van der Waals surface area contributed by atoms with Gasteiger partial charge in [0.2, 0.25) is 0 Å². The third-order valence-corrected chi connectivity index (χ3v) is 3.41. The maximum atomic E-state index is 13.8. The Morgan fingerprint density at radius 3 is 2.44 bits per heavy atom. The fourth-order valence-corrected chi connectivity index (χ4v) is 2.20. The minimum Gasteiger partial charge on any atom is -0.207 e. The van der Waals surface area contributed by atoms with Gasteiger partial charge in [-0.2, -0.15) is 0 Å². The Balaban J connectivity index is 2.46. The molecule has 4 heteroatoms. The fraction of sp³-hybridized carbons (Fsp3) is 0.143. The van der Waals surface area contributed by atoms with Gasteiger partial charge >= 0.3 is 0 Å². The molecule has 2 aromatic carbocycles. The largest absolute Gasteiger partial charge is 0.207 e. The van der Waals surface area contributed by atoms with Crippen LogP contribution in [0.2, 0.25) is 5.02 Å². The lowest BCUT2D eigenvalue weighted by Crippen LogP contribution is -1.99. The highest BCUT2D eigenvalue weighted by atomic mass is 35.5. The monoisotopic (exact) mass is 286 g/mol. The van der Waals surface area contributed by atoms with E-state index in [0.717, 1.165) is 12.1 Å². The zero-order chi connectivity index (χ0) is 13.3. The van der Waals surface area contributed by atoms with E-state index in [1.165, 1.54) is 6.92 Å². The fourth-order valence-electron chi connectivity index (χ4n) is 1.70. The molecule has 2 rings (SSSR count). The van der Waals surface area contributed by atoms with Crippen molar-refractivity contribution in [3.63, 3.8) is 0 Å². The van der Waals surface area contributed by atoms with Crippen molar-refractivity contribution in [2.24, 2.45) is 0 Å². The van der Waals surface area contributed by atoms with Crippen LogP contribution in [0.15, 0.2) is 36.4 Å². The van der Waals surface area contributed by atoms with Crippen LogP contribution in [0, 0.1) is 18.6 Å². The molecule has 0 aromatic heterocycles. The molecule has 0 bridgehead atoms. The van der Waals surface area contributed by atoms with Gasteiger partial charge in [-0.1, -0.05) is 23.7 Å². The minimum atomic E-state index is -0.765. The van der Waals surface area contributed by atoms with Crippen molar-refractivity contribution in [2.45, 2.75) is 12.3 Å². The first kappa shape index (κ1) is 13.3. The second-order valence-corrected chi connectivity index (χ2v) is 4.91. The van der Waals surface area contributed by atoms with E-state index in [-0.39, 0.29) is 11.1 Å². The van der Waals surface area contributed by atoms with Crippen LogP contribution in [0.1, 0.15) is 22.1 Å². The molecule has 0 fully saturated rings. The Kier molecular flexibility index (Phi) is 3.88. The summed E-state index contributed by atoms with van der Waals surface area (Å²) in [6.07, 6.45) is 0. The maximum absolute atomic E-state index is 13.8. The van der Waals surface area contributed by atoms with Crippen LogP contribution in [0.5, 0.6) is 0 Å². The molecule has 18 heavy (non-hydrogen) atoms. The van der Waals surface area contributed by atoms with Gasteiger partial charge in [-0.05, 0) is 42.3 Å². The highest BCUT2D eigenvalue weighted by molar-refractivity contribution is 6.30. The van der Waals surface area contributed by atoms with Crippen LogP contribution >= 0.6 is 23.2 Å². The first-order chi connectivity index (χ1) is 8.49. The topological polar surface area (TPSA) is 0 Å². The van der Waals surface area contributed by atoms with Gasteiger partial charge in [0.15, 0.2) is 0 Å². The zero-order valence-electron chi connectivity index (χ0n) is 9.55. The lowest BCUT2D eigenvalue weighted by molar-refractivity contribution is 0.580. The van der Waals surface area contributed by atoms with Crippen molar-refractivity contribution < 1.29 is 8.78 Å². The Hall–Kier alpha value is -1.12. The Bertz CT molecular complexity index is 582. The van der Waals surface area contributed by atoms with Crippen molar-refractivity contribution in [3.8, 4) is 0 Å². The molecule has 0 N–H and O–H groups in total. The summed E-state index contributed by atoms with van der Waals surface area (Å²) in [5.41, 5.74) is 1.000. The Morgan fingerprint density at radius 2 is 1.78 bits per heavy atom. The van der Waals surface area contributed by atoms with E-state index in [2.05, 4.69) is 0 Å². The molecule has 0 nitrogen and oxygen atoms in total. The van der Waals surface area contributed by atoms with Crippen LogP contribution in [0.3, 0.4) is 0 Å². The van der Waals surface area contributed by atoms with E-state index < -0.39 is 17.0 Å². The number of halogens is 4. The number of benzene rings is 2. The molecular formula is C14H10Cl2F2. The van der Waals surface area contributed by atoms with Crippen LogP contribution < -0.4 is 0 Å². The van der Waals surface area contributed by atoms with Crippen LogP contribution in [-0.4, -0.2) is 0 Å². The lowest BCUT2D eigenvalue weighted by Gasteiger charge is -2.12. The zero-order valence-corrected chi connectivity index (χ0v) is 11.1. The summed E-state index contributed by atoms with van der Waals surface area (Å²) < 4.78 is 27.2. The van der Waals surface area contributed by atoms with E-state index in [4.69, 9.17) is 23.2 Å². The molecule has 94 valence electrons. The van der Waals surface area contributed by atoms with Gasteiger partial charge in [0, 0.05) is 10.6 Å². The Labute approximate surface area is 114 Å². The predicted octanol–water partition coefficient (Wildman–Crippen LogP) is 5.25. The lowest BCUT2D eigenvalue weighted by atomic mass is 10.0. The molecular weight excluding hydrogens is 277 g/mol. The number of alkyl halides is 1. The quantitative estimate of drug-likeness (QED) is 0.661. The first-order valence-corrected chi connectivity index (χ1v) is 6.15. The van der Waals surface area contributed by atoms with Gasteiger partial charge in [0.25, 0.3) is 0 Å². The summed E-state index contributed by atoms with van der Waals surface area (Å²) in [6, 6.07) is 9.04. The third-order valence-electron chi connectivity index (χ3n) is 2.69. The van der Waals surface area contributed by atoms with E-state index in [0.29, 0.717) is 10.6 Å². The van der Waals surface area contributed by atoms with Crippen molar-refractivity contribution >= 4 is 23.2 Å². The summed E-state index contributed by atoms with van der Waals surface area (Å²) >= 11 is 12.0. The van der Waals surface area contributed by atoms with E-state index in [1.54, 1.807) is 24.3 Å². The smallest absolute Gasteiger partial charge is 0.128 e. The maximum Gasteiger partial charge on any atom is 0.128 e. The van der Waals surface area contributed by atoms with Gasteiger partial charge in [-0.15, -0.1) is 11.6 Å². The van der Waals surface area contributed by atoms with Crippen molar-refractivity contribution in [1.82, 2.24) is 0 Å². The molecule has 0 spiro atoms. The number of hydrogen-bond acceptors (Lipinski definition) is 0. The van der Waals surface area contributed by atoms with Gasteiger partial charge in [-0.25, -0.2) is 8.78 Å². The highest BCUT2D eigenvalue weighted by Crippen LogP contribution is 2.32. The second-order valence-electron chi connectivity index (χ2n) is 4.04. The van der Waals surface area contributed by atoms with Gasteiger partial charge in [0.05, 0.1) is 5.38 Å². The number of hydrogen-bond donors (Lipinski definition) is 0. The molecule has 1 atom stereocenters. The summed E-state index contributed by atoms with van der Waals surface area (Å²) in [4.78, 5) is 0. The Morgan fingerprint density at radius 1 is 1.06 bits per heavy atom. The summed E-state index contributed by atoms with van der Waals surface area (Å²) in [5, 5.41) is -0.259. The number of aryl methyl sites for hydroxylation is 1. The molecule has 0 radical (unpaired) electrons. The van der Waals surface area contributed by atoms with Crippen LogP contribution in [0.25, 0.3) is 0 Å². The van der Waals surface area contributed by atoms with Crippen molar-refractivity contribution in [3.05, 3.63) is 69.7 Å². The van der Waals surface area contributed by atoms with E-state index in [9.17, 15) is 8.78 Å². The van der Waals surface area contributed by atoms with Crippen molar-refractivity contribution in [2.75, 3.05) is 0 Å². The molecule has 2 aromatic rings. The second kappa shape index (κ2) is 5.25. The molecule has 0 amide bonds. The summed E-state index contributed by atoms with van der Waals surface area (Å²) in [7, 11) is 0. The number of rotatable bonds is 2. The normalized spacial score (nSPS) is 12.5. The molecule has 0 aliphatic heterocycles. The molecule has 0 heterocycles. The van der Waals surface area contributed by atoms with Crippen LogP contribution in [-0.2, 0) is 0 Å². The third kappa shape index (κ3) is 2.65. The van der Waals surface area contributed by atoms with Gasteiger partial charge in [0.1, 0.15) is 11.6 Å². The molecule has 0 aliphatic carbocycles. The average Bonchev–Trinajstić information content (AvgIpc) is 2.33. The summed E-state index contributed by atoms with van der Waals surface area (Å²) in [6.45, 7) is 1.50. The first-order valence-electron chi connectivity index (χ1n) is 5.34. The minimum absolute atomic E-state index is 0.113. The van der Waals surface area contributed by atoms with E-state index in [1.807, 2.05) is 0 Å². The molecule has 0 aliphatic rings. The van der Waals surface area contributed by atoms with Crippen LogP contribution in [0.4, 0.5) is 8.78 Å². The summed E-state index contributed by atoms with van der Waals surface area (Å²) in [5.74, 6) is -0.993. The molecule has 0 saturated carbocycles. The van der Waals surface area contributed by atoms with E-state index >= 15 is 0 Å².